The van der Waals surface area contributed by atoms with Crippen molar-refractivity contribution in [3.8, 4) is 5.75 Å². The van der Waals surface area contributed by atoms with E-state index in [-0.39, 0.29) is 17.9 Å². The van der Waals surface area contributed by atoms with E-state index in [2.05, 4.69) is 15.2 Å². The molecule has 3 N–H and O–H groups in total. The molecule has 1 spiro atoms. The highest BCUT2D eigenvalue weighted by atomic mass is 16.5. The van der Waals surface area contributed by atoms with Crippen molar-refractivity contribution in [1.82, 2.24) is 24.7 Å². The molecule has 11 nitrogen and oxygen atoms in total. The lowest BCUT2D eigenvalue weighted by Crippen LogP contribution is -2.60. The molecule has 2 atom stereocenters. The minimum Gasteiger partial charge on any atom is -0.497 e. The van der Waals surface area contributed by atoms with Crippen molar-refractivity contribution in [2.75, 3.05) is 31.8 Å². The van der Waals surface area contributed by atoms with Gasteiger partial charge in [0.2, 0.25) is 17.7 Å². The van der Waals surface area contributed by atoms with E-state index in [1.165, 1.54) is 0 Å². The molecule has 2 fully saturated rings. The lowest BCUT2D eigenvalue weighted by atomic mass is 9.85. The maximum atomic E-state index is 14.1. The van der Waals surface area contributed by atoms with Crippen LogP contribution in [0.25, 0.3) is 0 Å². The summed E-state index contributed by atoms with van der Waals surface area (Å²) in [6.45, 7) is 5.37. The normalized spacial score (nSPS) is 17.7. The lowest BCUT2D eigenvalue weighted by molar-refractivity contribution is -0.141. The van der Waals surface area contributed by atoms with E-state index in [1.807, 2.05) is 85.0 Å². The molecule has 234 valence electrons. The van der Waals surface area contributed by atoms with Crippen molar-refractivity contribution in [3.05, 3.63) is 78.4 Å². The third-order valence-corrected chi connectivity index (χ3v) is 8.96. The number of nitrogens with one attached hydrogen (secondary N) is 1. The van der Waals surface area contributed by atoms with E-state index in [1.54, 1.807) is 24.5 Å². The minimum absolute atomic E-state index is 0.0624. The SMILES string of the molecule is COc1ccc(C[C@@H](NC(=O)C(N)Cc2cncn2C)C(=O)N2CCC3(CC2)C(=O)N(C(C)C)CN3c2ccccc2)cc1. The molecule has 3 aromatic rings. The van der Waals surface area contributed by atoms with Gasteiger partial charge in [-0.05, 0) is 56.5 Å². The summed E-state index contributed by atoms with van der Waals surface area (Å²) in [5, 5.41) is 2.95. The molecule has 2 aromatic carbocycles. The fourth-order valence-electron chi connectivity index (χ4n) is 6.25. The number of methoxy groups -OCH3 is 1. The van der Waals surface area contributed by atoms with Crippen LogP contribution in [0.4, 0.5) is 5.69 Å². The number of aromatic nitrogens is 2. The summed E-state index contributed by atoms with van der Waals surface area (Å²) in [5.41, 5.74) is 8.28. The largest absolute Gasteiger partial charge is 0.497 e. The van der Waals surface area contributed by atoms with Gasteiger partial charge in [-0.1, -0.05) is 30.3 Å². The average molecular weight is 602 g/mol. The van der Waals surface area contributed by atoms with Crippen molar-refractivity contribution >= 4 is 23.4 Å². The molecular formula is C33H43N7O4. The number of nitrogens with two attached hydrogens (primary N) is 1. The summed E-state index contributed by atoms with van der Waals surface area (Å²) in [6, 6.07) is 15.8. The second kappa shape index (κ2) is 13.1. The highest BCUT2D eigenvalue weighted by Crippen LogP contribution is 2.40. The van der Waals surface area contributed by atoms with Crippen LogP contribution in [0, 0.1) is 0 Å². The summed E-state index contributed by atoms with van der Waals surface area (Å²) in [5.74, 6) is 0.224. The molecule has 1 unspecified atom stereocenters. The van der Waals surface area contributed by atoms with Gasteiger partial charge in [-0.3, -0.25) is 14.4 Å². The van der Waals surface area contributed by atoms with Gasteiger partial charge in [-0.25, -0.2) is 4.98 Å². The number of rotatable bonds is 10. The first-order valence-electron chi connectivity index (χ1n) is 15.2. The number of carbonyl (C=O) groups excluding carboxylic acids is 3. The zero-order valence-electron chi connectivity index (χ0n) is 26.0. The first kappa shape index (κ1) is 31.1. The van der Waals surface area contributed by atoms with Crippen LogP contribution in [0.2, 0.25) is 0 Å². The molecule has 44 heavy (non-hydrogen) atoms. The summed E-state index contributed by atoms with van der Waals surface area (Å²) < 4.78 is 7.11. The summed E-state index contributed by atoms with van der Waals surface area (Å²) in [7, 11) is 3.45. The number of anilines is 1. The number of nitrogens with zero attached hydrogens (tertiary/aromatic N) is 5. The number of benzene rings is 2. The summed E-state index contributed by atoms with van der Waals surface area (Å²) in [6.07, 6.45) is 4.93. The van der Waals surface area contributed by atoms with Crippen molar-refractivity contribution in [2.45, 2.75) is 63.2 Å². The molecule has 5 rings (SSSR count). The van der Waals surface area contributed by atoms with Gasteiger partial charge in [0, 0.05) is 56.6 Å². The minimum atomic E-state index is -0.848. The van der Waals surface area contributed by atoms with E-state index in [0.29, 0.717) is 51.2 Å². The van der Waals surface area contributed by atoms with Crippen LogP contribution in [-0.4, -0.2) is 87.6 Å². The smallest absolute Gasteiger partial charge is 0.250 e. The topological polar surface area (TPSA) is 126 Å². The molecule has 1 aromatic heterocycles. The van der Waals surface area contributed by atoms with Gasteiger partial charge in [-0.15, -0.1) is 0 Å². The molecule has 3 amide bonds. The van der Waals surface area contributed by atoms with Gasteiger partial charge >= 0.3 is 0 Å². The van der Waals surface area contributed by atoms with Crippen molar-refractivity contribution in [1.29, 1.82) is 0 Å². The zero-order valence-corrected chi connectivity index (χ0v) is 26.0. The second-order valence-electron chi connectivity index (χ2n) is 12.1. The predicted molar refractivity (Wildman–Crippen MR) is 168 cm³/mol. The third-order valence-electron chi connectivity index (χ3n) is 8.96. The van der Waals surface area contributed by atoms with E-state index < -0.39 is 23.5 Å². The number of imidazole rings is 1. The lowest BCUT2D eigenvalue weighted by Gasteiger charge is -2.44. The Balaban J connectivity index is 1.34. The molecule has 0 aliphatic carbocycles. The van der Waals surface area contributed by atoms with Gasteiger partial charge in [0.05, 0.1) is 26.1 Å². The van der Waals surface area contributed by atoms with Crippen LogP contribution in [-0.2, 0) is 34.3 Å². The highest BCUT2D eigenvalue weighted by molar-refractivity contribution is 5.95. The molecule has 2 aliphatic rings. The maximum absolute atomic E-state index is 14.1. The van der Waals surface area contributed by atoms with Crippen LogP contribution in [0.15, 0.2) is 67.1 Å². The number of hydrogen-bond acceptors (Lipinski definition) is 7. The predicted octanol–water partition coefficient (Wildman–Crippen LogP) is 2.10. The van der Waals surface area contributed by atoms with Crippen LogP contribution in [0.3, 0.4) is 0 Å². The first-order chi connectivity index (χ1) is 21.1. The van der Waals surface area contributed by atoms with Crippen LogP contribution in [0.5, 0.6) is 5.75 Å². The molecular weight excluding hydrogens is 558 g/mol. The number of ether oxygens (including phenoxy) is 1. The molecule has 11 heteroatoms. The Kier molecular flexibility index (Phi) is 9.24. The summed E-state index contributed by atoms with van der Waals surface area (Å²) in [4.78, 5) is 51.3. The number of piperidine rings is 1. The van der Waals surface area contributed by atoms with Gasteiger partial charge in [0.15, 0.2) is 0 Å². The Morgan fingerprint density at radius 2 is 1.73 bits per heavy atom. The van der Waals surface area contributed by atoms with Crippen molar-refractivity contribution in [2.24, 2.45) is 12.8 Å². The molecule has 0 saturated carbocycles. The summed E-state index contributed by atoms with van der Waals surface area (Å²) >= 11 is 0. The van der Waals surface area contributed by atoms with E-state index in [0.717, 1.165) is 16.9 Å². The molecule has 3 heterocycles. The number of carbonyl (C=O) groups is 3. The Bertz CT molecular complexity index is 1450. The third kappa shape index (κ3) is 6.28. The van der Waals surface area contributed by atoms with E-state index in [4.69, 9.17) is 10.5 Å². The standard InChI is InChI=1S/C33H43N7O4/c1-23(2)39-22-40(25-8-6-5-7-9-25)33(32(39)43)14-16-38(17-15-33)31(42)29(18-24-10-12-27(44-4)13-11-24)36-30(41)28(34)19-26-20-35-21-37(26)3/h5-13,20-21,23,28-29H,14-19,22,34H2,1-4H3,(H,36,41)/t28?,29-/m1/s1. The number of likely N-dealkylation sites (tertiary alicyclic amines) is 1. The Morgan fingerprint density at radius 3 is 2.32 bits per heavy atom. The Labute approximate surface area is 259 Å². The monoisotopic (exact) mass is 601 g/mol. The van der Waals surface area contributed by atoms with Gasteiger partial charge < -0.3 is 35.1 Å². The number of aryl methyl sites for hydroxylation is 1. The maximum Gasteiger partial charge on any atom is 0.250 e. The van der Waals surface area contributed by atoms with E-state index in [9.17, 15) is 14.4 Å². The second-order valence-corrected chi connectivity index (χ2v) is 12.1. The van der Waals surface area contributed by atoms with E-state index >= 15 is 0 Å². The van der Waals surface area contributed by atoms with Gasteiger partial charge in [-0.2, -0.15) is 0 Å². The van der Waals surface area contributed by atoms with Crippen LogP contribution < -0.4 is 20.7 Å². The van der Waals surface area contributed by atoms with Crippen LogP contribution >= 0.6 is 0 Å². The van der Waals surface area contributed by atoms with Gasteiger partial charge in [0.25, 0.3) is 0 Å². The highest BCUT2D eigenvalue weighted by Gasteiger charge is 2.54. The molecule has 2 aliphatic heterocycles. The first-order valence-corrected chi connectivity index (χ1v) is 15.2. The average Bonchev–Trinajstić information content (AvgIpc) is 3.57. The van der Waals surface area contributed by atoms with Crippen LogP contribution in [0.1, 0.15) is 37.9 Å². The van der Waals surface area contributed by atoms with Crippen molar-refractivity contribution in [3.63, 3.8) is 0 Å². The molecule has 0 bridgehead atoms. The Morgan fingerprint density at radius 1 is 1.05 bits per heavy atom. The number of para-hydroxylation sites is 1. The molecule has 2 saturated heterocycles. The van der Waals surface area contributed by atoms with Gasteiger partial charge in [0.1, 0.15) is 17.3 Å². The zero-order chi connectivity index (χ0) is 31.4. The number of amides is 3. The van der Waals surface area contributed by atoms with Crippen molar-refractivity contribution < 1.29 is 19.1 Å². The molecule has 0 radical (unpaired) electrons. The fourth-order valence-corrected chi connectivity index (χ4v) is 6.25. The Hall–Kier alpha value is -4.38. The quantitative estimate of drug-likeness (QED) is 0.365. The number of hydrogen-bond donors (Lipinski definition) is 2. The fraction of sp³-hybridized carbons (Fsp3) is 0.455.